The SMILES string of the molecule is CCCCCN(C(=O)CCCOC)c1c(N)n(CCCC)c(=O)[nH]c1=O. The second-order valence-electron chi connectivity index (χ2n) is 6.35. The van der Waals surface area contributed by atoms with Crippen molar-refractivity contribution < 1.29 is 9.53 Å². The zero-order valence-corrected chi connectivity index (χ0v) is 16.2. The van der Waals surface area contributed by atoms with Gasteiger partial charge < -0.3 is 15.4 Å². The summed E-state index contributed by atoms with van der Waals surface area (Å²) in [7, 11) is 1.58. The van der Waals surface area contributed by atoms with Gasteiger partial charge in [-0.25, -0.2) is 4.79 Å². The molecule has 0 aliphatic rings. The van der Waals surface area contributed by atoms with Crippen molar-refractivity contribution in [3.8, 4) is 0 Å². The molecule has 8 heteroatoms. The van der Waals surface area contributed by atoms with E-state index in [2.05, 4.69) is 11.9 Å². The molecule has 8 nitrogen and oxygen atoms in total. The van der Waals surface area contributed by atoms with E-state index in [1.165, 1.54) is 9.47 Å². The Morgan fingerprint density at radius 3 is 2.46 bits per heavy atom. The molecule has 0 saturated heterocycles. The number of ether oxygens (including phenoxy) is 1. The molecule has 0 unspecified atom stereocenters. The molecule has 0 radical (unpaired) electrons. The quantitative estimate of drug-likeness (QED) is 0.547. The molecule has 0 bridgehead atoms. The lowest BCUT2D eigenvalue weighted by atomic mass is 10.2. The summed E-state index contributed by atoms with van der Waals surface area (Å²) in [4.78, 5) is 41.0. The first-order chi connectivity index (χ1) is 12.5. The van der Waals surface area contributed by atoms with Crippen LogP contribution in [0.15, 0.2) is 9.59 Å². The molecule has 26 heavy (non-hydrogen) atoms. The van der Waals surface area contributed by atoms with Crippen molar-refractivity contribution in [2.24, 2.45) is 0 Å². The minimum atomic E-state index is -0.614. The van der Waals surface area contributed by atoms with Crippen LogP contribution in [0.4, 0.5) is 11.5 Å². The summed E-state index contributed by atoms with van der Waals surface area (Å²) >= 11 is 0. The first-order valence-electron chi connectivity index (χ1n) is 9.39. The lowest BCUT2D eigenvalue weighted by molar-refractivity contribution is -0.118. The van der Waals surface area contributed by atoms with Gasteiger partial charge in [-0.3, -0.25) is 19.1 Å². The van der Waals surface area contributed by atoms with E-state index in [1.54, 1.807) is 7.11 Å². The van der Waals surface area contributed by atoms with Gasteiger partial charge in [0.2, 0.25) is 5.91 Å². The Bertz CT molecular complexity index is 681. The van der Waals surface area contributed by atoms with E-state index >= 15 is 0 Å². The van der Waals surface area contributed by atoms with Crippen molar-refractivity contribution in [3.63, 3.8) is 0 Å². The number of carbonyl (C=O) groups is 1. The highest BCUT2D eigenvalue weighted by Gasteiger charge is 2.23. The van der Waals surface area contributed by atoms with Crippen LogP contribution in [0.25, 0.3) is 0 Å². The van der Waals surface area contributed by atoms with Crippen molar-refractivity contribution in [1.29, 1.82) is 0 Å². The number of H-pyrrole nitrogens is 1. The van der Waals surface area contributed by atoms with E-state index in [0.717, 1.165) is 32.1 Å². The number of nitrogens with two attached hydrogens (primary N) is 1. The highest BCUT2D eigenvalue weighted by Crippen LogP contribution is 2.19. The van der Waals surface area contributed by atoms with Crippen LogP contribution in [-0.4, -0.2) is 35.7 Å². The maximum Gasteiger partial charge on any atom is 0.330 e. The van der Waals surface area contributed by atoms with Gasteiger partial charge in [0.15, 0.2) is 5.69 Å². The Labute approximate surface area is 154 Å². The largest absolute Gasteiger partial charge is 0.385 e. The predicted octanol–water partition coefficient (Wildman–Crippen LogP) is 1.87. The molecule has 1 rings (SSSR count). The van der Waals surface area contributed by atoms with Crippen LogP contribution < -0.4 is 21.9 Å². The molecule has 148 valence electrons. The Hall–Kier alpha value is -2.09. The molecule has 3 N–H and O–H groups in total. The Balaban J connectivity index is 3.23. The third-order valence-corrected chi connectivity index (χ3v) is 4.24. The lowest BCUT2D eigenvalue weighted by Gasteiger charge is -2.24. The number of anilines is 2. The number of nitrogen functional groups attached to an aromatic ring is 1. The molecular formula is C18H32N4O4. The molecule has 0 saturated carbocycles. The highest BCUT2D eigenvalue weighted by atomic mass is 16.5. The molecule has 1 amide bonds. The number of nitrogens with one attached hydrogen (secondary N) is 1. The molecule has 0 aliphatic heterocycles. The number of amides is 1. The standard InChI is InChI=1S/C18H32N4O4/c1-4-6-8-12-21(14(23)10-9-13-26-3)15-16(19)22(11-7-5-2)18(25)20-17(15)24/h4-13,19H2,1-3H3,(H,20,24,25). The van der Waals surface area contributed by atoms with E-state index in [4.69, 9.17) is 10.5 Å². The third kappa shape index (κ3) is 6.01. The second-order valence-corrected chi connectivity index (χ2v) is 6.35. The Morgan fingerprint density at radius 1 is 1.15 bits per heavy atom. The summed E-state index contributed by atoms with van der Waals surface area (Å²) in [6, 6.07) is 0. The molecular weight excluding hydrogens is 336 g/mol. The number of nitrogens with zero attached hydrogens (tertiary/aromatic N) is 2. The molecule has 0 spiro atoms. The van der Waals surface area contributed by atoms with E-state index in [-0.39, 0.29) is 23.8 Å². The first kappa shape index (κ1) is 22.0. The smallest absolute Gasteiger partial charge is 0.330 e. The number of rotatable bonds is 12. The Kier molecular flexibility index (Phi) is 9.72. The van der Waals surface area contributed by atoms with Gasteiger partial charge in [0.05, 0.1) is 0 Å². The van der Waals surface area contributed by atoms with E-state index in [0.29, 0.717) is 26.1 Å². The second kappa shape index (κ2) is 11.5. The van der Waals surface area contributed by atoms with Crippen molar-refractivity contribution in [2.75, 3.05) is 30.9 Å². The fourth-order valence-corrected chi connectivity index (χ4v) is 2.76. The number of aromatic amines is 1. The fraction of sp³-hybridized carbons (Fsp3) is 0.722. The zero-order chi connectivity index (χ0) is 19.5. The average Bonchev–Trinajstić information content (AvgIpc) is 2.60. The van der Waals surface area contributed by atoms with E-state index < -0.39 is 11.2 Å². The normalized spacial score (nSPS) is 10.9. The van der Waals surface area contributed by atoms with Gasteiger partial charge in [0, 0.05) is 33.2 Å². The van der Waals surface area contributed by atoms with Gasteiger partial charge in [0.1, 0.15) is 5.82 Å². The molecule has 0 atom stereocenters. The number of aromatic nitrogens is 2. The molecule has 1 aromatic heterocycles. The van der Waals surface area contributed by atoms with Gasteiger partial charge in [-0.05, 0) is 19.3 Å². The summed E-state index contributed by atoms with van der Waals surface area (Å²) < 4.78 is 6.34. The van der Waals surface area contributed by atoms with Crippen LogP contribution >= 0.6 is 0 Å². The zero-order valence-electron chi connectivity index (χ0n) is 16.2. The summed E-state index contributed by atoms with van der Waals surface area (Å²) in [5.74, 6) is -0.125. The van der Waals surface area contributed by atoms with Crippen molar-refractivity contribution in [3.05, 3.63) is 20.8 Å². The van der Waals surface area contributed by atoms with Gasteiger partial charge in [0.25, 0.3) is 5.56 Å². The number of methoxy groups -OCH3 is 1. The van der Waals surface area contributed by atoms with E-state index in [9.17, 15) is 14.4 Å². The molecule has 0 aromatic carbocycles. The third-order valence-electron chi connectivity index (χ3n) is 4.24. The van der Waals surface area contributed by atoms with E-state index in [1.807, 2.05) is 6.92 Å². The molecule has 0 aliphatic carbocycles. The van der Waals surface area contributed by atoms with Crippen LogP contribution in [0.3, 0.4) is 0 Å². The number of hydrogen-bond donors (Lipinski definition) is 2. The predicted molar refractivity (Wildman–Crippen MR) is 104 cm³/mol. The van der Waals surface area contributed by atoms with Crippen LogP contribution in [0.2, 0.25) is 0 Å². The van der Waals surface area contributed by atoms with Crippen molar-refractivity contribution >= 4 is 17.4 Å². The lowest BCUT2D eigenvalue weighted by Crippen LogP contribution is -2.41. The monoisotopic (exact) mass is 368 g/mol. The molecule has 1 aromatic rings. The van der Waals surface area contributed by atoms with Gasteiger partial charge in [-0.15, -0.1) is 0 Å². The number of unbranched alkanes of at least 4 members (excludes halogenated alkanes) is 3. The maximum atomic E-state index is 12.7. The summed E-state index contributed by atoms with van der Waals surface area (Å²) in [5, 5.41) is 0. The van der Waals surface area contributed by atoms with Crippen LogP contribution in [0, 0.1) is 0 Å². The topological polar surface area (TPSA) is 110 Å². The first-order valence-corrected chi connectivity index (χ1v) is 9.39. The minimum Gasteiger partial charge on any atom is -0.385 e. The summed E-state index contributed by atoms with van der Waals surface area (Å²) in [5.41, 5.74) is 5.08. The number of carbonyl (C=O) groups excluding carboxylic acids is 1. The maximum absolute atomic E-state index is 12.7. The minimum absolute atomic E-state index is 0.0591. The van der Waals surface area contributed by atoms with Crippen molar-refractivity contribution in [1.82, 2.24) is 9.55 Å². The van der Waals surface area contributed by atoms with Gasteiger partial charge >= 0.3 is 5.69 Å². The van der Waals surface area contributed by atoms with Crippen LogP contribution in [0.5, 0.6) is 0 Å². The van der Waals surface area contributed by atoms with Crippen molar-refractivity contribution in [2.45, 2.75) is 65.3 Å². The van der Waals surface area contributed by atoms with Crippen LogP contribution in [0.1, 0.15) is 58.8 Å². The summed E-state index contributed by atoms with van der Waals surface area (Å²) in [6.07, 6.45) is 5.16. The van der Waals surface area contributed by atoms with Gasteiger partial charge in [-0.2, -0.15) is 0 Å². The number of hydrogen-bond acceptors (Lipinski definition) is 5. The van der Waals surface area contributed by atoms with Gasteiger partial charge in [-0.1, -0.05) is 33.1 Å². The average molecular weight is 368 g/mol. The van der Waals surface area contributed by atoms with Crippen LogP contribution in [-0.2, 0) is 16.1 Å². The summed E-state index contributed by atoms with van der Waals surface area (Å²) in [6.45, 7) is 5.35. The molecule has 0 fully saturated rings. The Morgan fingerprint density at radius 2 is 1.85 bits per heavy atom. The highest BCUT2D eigenvalue weighted by molar-refractivity contribution is 5.95. The molecule has 1 heterocycles. The fourth-order valence-electron chi connectivity index (χ4n) is 2.76.